The van der Waals surface area contributed by atoms with Gasteiger partial charge in [-0.2, -0.15) is 5.26 Å². The van der Waals surface area contributed by atoms with Crippen LogP contribution in [-0.2, 0) is 16.0 Å². The van der Waals surface area contributed by atoms with Crippen LogP contribution in [0.3, 0.4) is 0 Å². The van der Waals surface area contributed by atoms with E-state index in [9.17, 15) is 19.2 Å². The second-order valence-corrected chi connectivity index (χ2v) is 10.8. The highest BCUT2D eigenvalue weighted by atomic mass is 19.1. The normalized spacial score (nSPS) is 25.2. The number of Topliss-reactive ketones (excluding diaryl/α,β-unsaturated/α-hetero) is 1. The molecular weight excluding hydrogens is 435 g/mol. The molecule has 2 bridgehead atoms. The van der Waals surface area contributed by atoms with E-state index < -0.39 is 23.7 Å². The smallest absolute Gasteiger partial charge is 0.411 e. The van der Waals surface area contributed by atoms with Crippen molar-refractivity contribution < 1.29 is 18.7 Å². The molecule has 2 saturated heterocycles. The Morgan fingerprint density at radius 1 is 1.26 bits per heavy atom. The van der Waals surface area contributed by atoms with Gasteiger partial charge in [0.1, 0.15) is 11.4 Å². The van der Waals surface area contributed by atoms with Gasteiger partial charge in [-0.25, -0.2) is 9.18 Å². The summed E-state index contributed by atoms with van der Waals surface area (Å²) in [6.45, 7) is 8.81. The van der Waals surface area contributed by atoms with Crippen molar-refractivity contribution in [1.29, 1.82) is 5.26 Å². The number of likely N-dealkylation sites (tertiary alicyclic amines) is 1. The van der Waals surface area contributed by atoms with E-state index in [1.807, 2.05) is 26.8 Å². The fourth-order valence-corrected chi connectivity index (χ4v) is 5.59. The topological polar surface area (TPSA) is 85.7 Å². The van der Waals surface area contributed by atoms with Crippen LogP contribution in [-0.4, -0.2) is 60.6 Å². The van der Waals surface area contributed by atoms with Gasteiger partial charge >= 0.3 is 6.09 Å². The molecule has 7 nitrogen and oxygen atoms in total. The van der Waals surface area contributed by atoms with Gasteiger partial charge in [0.05, 0.1) is 18.0 Å². The Balaban J connectivity index is 1.42. The first-order valence-electron chi connectivity index (χ1n) is 12.3. The lowest BCUT2D eigenvalue weighted by atomic mass is 9.88. The summed E-state index contributed by atoms with van der Waals surface area (Å²) in [4.78, 5) is 29.9. The molecule has 8 heteroatoms. The van der Waals surface area contributed by atoms with E-state index in [1.54, 1.807) is 11.0 Å². The lowest BCUT2D eigenvalue weighted by Crippen LogP contribution is -2.51. The van der Waals surface area contributed by atoms with Crippen molar-refractivity contribution in [1.82, 2.24) is 10.2 Å². The number of ether oxygens (including phenoxy) is 1. The van der Waals surface area contributed by atoms with Crippen LogP contribution in [0.5, 0.6) is 0 Å². The number of hydrogen-bond acceptors (Lipinski definition) is 6. The third-order valence-corrected chi connectivity index (χ3v) is 7.13. The summed E-state index contributed by atoms with van der Waals surface area (Å²) in [6, 6.07) is 6.80. The molecule has 3 fully saturated rings. The second-order valence-electron chi connectivity index (χ2n) is 10.8. The number of benzene rings is 1. The number of carbonyl (C=O) groups is 2. The third-order valence-electron chi connectivity index (χ3n) is 7.13. The molecule has 1 aliphatic carbocycles. The maximum Gasteiger partial charge on any atom is 0.411 e. The van der Waals surface area contributed by atoms with Crippen LogP contribution >= 0.6 is 0 Å². The number of amides is 1. The SMILES string of the molecule is CC(C)(C)OC(=O)N1[C@@H]2CC[C@@H](C2)[C@H]1C(=O)C[C@H](C#N)Cc1ccc(N2CCNCC2)cc1F. The molecule has 4 atom stereocenters. The number of nitrogens with zero attached hydrogens (tertiary/aromatic N) is 3. The Bertz CT molecular complexity index is 964. The number of carbonyl (C=O) groups excluding carboxylic acids is 2. The zero-order valence-corrected chi connectivity index (χ0v) is 20.3. The number of hydrogen-bond donors (Lipinski definition) is 1. The van der Waals surface area contributed by atoms with Crippen molar-refractivity contribution >= 4 is 17.6 Å². The monoisotopic (exact) mass is 470 g/mol. The van der Waals surface area contributed by atoms with Gasteiger partial charge in [-0.3, -0.25) is 9.69 Å². The maximum atomic E-state index is 14.9. The number of nitrogens with one attached hydrogen (secondary N) is 1. The van der Waals surface area contributed by atoms with Crippen LogP contribution in [0.15, 0.2) is 18.2 Å². The Morgan fingerprint density at radius 3 is 2.65 bits per heavy atom. The zero-order valence-electron chi connectivity index (χ0n) is 20.3. The van der Waals surface area contributed by atoms with E-state index in [0.717, 1.165) is 51.1 Å². The Morgan fingerprint density at radius 2 is 2.00 bits per heavy atom. The van der Waals surface area contributed by atoms with Crippen LogP contribution in [0.4, 0.5) is 14.9 Å². The van der Waals surface area contributed by atoms with E-state index in [1.165, 1.54) is 6.07 Å². The number of nitriles is 1. The van der Waals surface area contributed by atoms with Crippen LogP contribution in [0.2, 0.25) is 0 Å². The van der Waals surface area contributed by atoms with Crippen molar-refractivity contribution in [2.45, 2.75) is 70.6 Å². The van der Waals surface area contributed by atoms with Crippen molar-refractivity contribution in [2.75, 3.05) is 31.1 Å². The number of halogens is 1. The van der Waals surface area contributed by atoms with Gasteiger partial charge < -0.3 is 15.0 Å². The van der Waals surface area contributed by atoms with Crippen LogP contribution in [0.25, 0.3) is 0 Å². The summed E-state index contributed by atoms with van der Waals surface area (Å²) in [6.07, 6.45) is 2.29. The van der Waals surface area contributed by atoms with Crippen molar-refractivity contribution in [3.05, 3.63) is 29.6 Å². The number of rotatable bonds is 6. The molecule has 2 aliphatic heterocycles. The first kappa shape index (κ1) is 24.5. The second kappa shape index (κ2) is 9.91. The predicted octanol–water partition coefficient (Wildman–Crippen LogP) is 3.66. The average Bonchev–Trinajstić information content (AvgIpc) is 3.41. The lowest BCUT2D eigenvalue weighted by Gasteiger charge is -2.35. The quantitative estimate of drug-likeness (QED) is 0.683. The van der Waals surface area contributed by atoms with Crippen molar-refractivity contribution in [3.63, 3.8) is 0 Å². The number of ketones is 1. The van der Waals surface area contributed by atoms with Gasteiger partial charge in [-0.05, 0) is 70.1 Å². The van der Waals surface area contributed by atoms with Gasteiger partial charge in [0, 0.05) is 44.3 Å². The highest BCUT2D eigenvalue weighted by Crippen LogP contribution is 2.44. The molecule has 1 amide bonds. The lowest BCUT2D eigenvalue weighted by molar-refractivity contribution is -0.126. The summed E-state index contributed by atoms with van der Waals surface area (Å²) in [5.74, 6) is -1.01. The molecule has 0 aromatic heterocycles. The largest absolute Gasteiger partial charge is 0.444 e. The number of piperazine rings is 1. The number of anilines is 1. The zero-order chi connectivity index (χ0) is 24.5. The first-order chi connectivity index (χ1) is 16.2. The van der Waals surface area contributed by atoms with E-state index in [0.29, 0.717) is 5.56 Å². The molecular formula is C26H35FN4O3. The van der Waals surface area contributed by atoms with Gasteiger partial charge in [-0.15, -0.1) is 0 Å². The minimum Gasteiger partial charge on any atom is -0.444 e. The van der Waals surface area contributed by atoms with Gasteiger partial charge in [-0.1, -0.05) is 6.07 Å². The molecule has 3 aliphatic rings. The molecule has 2 heterocycles. The molecule has 1 aromatic rings. The Labute approximate surface area is 201 Å². The van der Waals surface area contributed by atoms with Crippen molar-refractivity contribution in [3.8, 4) is 6.07 Å². The number of fused-ring (bicyclic) bond motifs is 2. The average molecular weight is 471 g/mol. The molecule has 0 spiro atoms. The van der Waals surface area contributed by atoms with E-state index in [-0.39, 0.29) is 36.4 Å². The predicted molar refractivity (Wildman–Crippen MR) is 127 cm³/mol. The van der Waals surface area contributed by atoms with Crippen LogP contribution in [0.1, 0.15) is 52.0 Å². The minimum absolute atomic E-state index is 0.00265. The molecule has 184 valence electrons. The standard InChI is InChI=1S/C26H35FN4O3/c1-26(2,3)34-25(33)31-21-7-5-19(14-21)24(31)23(32)13-17(16-28)12-18-4-6-20(15-22(18)27)30-10-8-29-9-11-30/h4,6,15,17,19,21,24,29H,5,7-14H2,1-3H3/t17-,19+,21-,24+/m1/s1. The highest BCUT2D eigenvalue weighted by molar-refractivity contribution is 5.89. The first-order valence-corrected chi connectivity index (χ1v) is 12.3. The molecule has 0 radical (unpaired) electrons. The molecule has 4 rings (SSSR count). The van der Waals surface area contributed by atoms with E-state index in [4.69, 9.17) is 4.74 Å². The highest BCUT2D eigenvalue weighted by Gasteiger charge is 2.52. The van der Waals surface area contributed by atoms with Gasteiger partial charge in [0.25, 0.3) is 0 Å². The summed E-state index contributed by atoms with van der Waals surface area (Å²) >= 11 is 0. The summed E-state index contributed by atoms with van der Waals surface area (Å²) < 4.78 is 20.5. The van der Waals surface area contributed by atoms with Crippen molar-refractivity contribution in [2.24, 2.45) is 11.8 Å². The summed E-state index contributed by atoms with van der Waals surface area (Å²) in [5, 5.41) is 13.0. The number of piperidine rings is 1. The summed E-state index contributed by atoms with van der Waals surface area (Å²) in [7, 11) is 0. The molecule has 0 unspecified atom stereocenters. The fourth-order valence-electron chi connectivity index (χ4n) is 5.59. The molecule has 1 aromatic carbocycles. The Kier molecular flexibility index (Phi) is 7.13. The van der Waals surface area contributed by atoms with Crippen LogP contribution in [0, 0.1) is 29.0 Å². The molecule has 1 saturated carbocycles. The van der Waals surface area contributed by atoms with E-state index in [2.05, 4.69) is 16.3 Å². The molecule has 34 heavy (non-hydrogen) atoms. The molecule has 1 N–H and O–H groups in total. The Hall–Kier alpha value is -2.66. The van der Waals surface area contributed by atoms with Gasteiger partial charge in [0.15, 0.2) is 5.78 Å². The third kappa shape index (κ3) is 5.35. The van der Waals surface area contributed by atoms with E-state index >= 15 is 0 Å². The van der Waals surface area contributed by atoms with Crippen LogP contribution < -0.4 is 10.2 Å². The summed E-state index contributed by atoms with van der Waals surface area (Å²) in [5.41, 5.74) is 0.633. The minimum atomic E-state index is -0.647. The van der Waals surface area contributed by atoms with Gasteiger partial charge in [0.2, 0.25) is 0 Å². The maximum absolute atomic E-state index is 14.9. The fraction of sp³-hybridized carbons (Fsp3) is 0.654.